The van der Waals surface area contributed by atoms with E-state index in [1.165, 1.54) is 12.3 Å². The van der Waals surface area contributed by atoms with E-state index in [9.17, 15) is 14.9 Å². The summed E-state index contributed by atoms with van der Waals surface area (Å²) in [5.41, 5.74) is 1.37. The Morgan fingerprint density at radius 2 is 2.08 bits per heavy atom. The maximum absolute atomic E-state index is 12.3. The van der Waals surface area contributed by atoms with Crippen LogP contribution in [0.4, 0.5) is 17.1 Å². The molecule has 26 heavy (non-hydrogen) atoms. The van der Waals surface area contributed by atoms with Gasteiger partial charge in [0.05, 0.1) is 11.2 Å². The van der Waals surface area contributed by atoms with Crippen LogP contribution in [0.5, 0.6) is 0 Å². The summed E-state index contributed by atoms with van der Waals surface area (Å²) in [6.45, 7) is 6.47. The van der Waals surface area contributed by atoms with Gasteiger partial charge in [-0.2, -0.15) is 0 Å². The number of anilines is 2. The lowest BCUT2D eigenvalue weighted by atomic mass is 10.2. The first-order chi connectivity index (χ1) is 12.6. The highest BCUT2D eigenvalue weighted by atomic mass is 16.6. The summed E-state index contributed by atoms with van der Waals surface area (Å²) in [7, 11) is 0. The molecule has 0 spiro atoms. The van der Waals surface area contributed by atoms with Crippen LogP contribution in [-0.4, -0.2) is 48.5 Å². The number of nitrogens with zero attached hydrogens (tertiary/aromatic N) is 3. The van der Waals surface area contributed by atoms with Gasteiger partial charge in [0.2, 0.25) is 0 Å². The van der Waals surface area contributed by atoms with E-state index in [-0.39, 0.29) is 11.6 Å². The van der Waals surface area contributed by atoms with Gasteiger partial charge < -0.3 is 19.5 Å². The zero-order valence-electron chi connectivity index (χ0n) is 14.3. The molecule has 0 atom stereocenters. The topological polar surface area (TPSA) is 91.9 Å². The van der Waals surface area contributed by atoms with Crippen molar-refractivity contribution in [1.82, 2.24) is 4.90 Å². The molecule has 0 bridgehead atoms. The van der Waals surface area contributed by atoms with E-state index in [4.69, 9.17) is 4.42 Å². The van der Waals surface area contributed by atoms with E-state index in [2.05, 4.69) is 16.8 Å². The molecule has 0 radical (unpaired) electrons. The second-order valence-corrected chi connectivity index (χ2v) is 5.88. The Hall–Kier alpha value is -3.29. The first kappa shape index (κ1) is 17.5. The molecule has 2 heterocycles. The molecule has 0 aliphatic carbocycles. The number of carbonyl (C=O) groups is 1. The Kier molecular flexibility index (Phi) is 5.21. The number of rotatable bonds is 6. The van der Waals surface area contributed by atoms with Gasteiger partial charge in [-0.1, -0.05) is 6.08 Å². The molecule has 1 aromatic heterocycles. The fourth-order valence-electron chi connectivity index (χ4n) is 2.93. The van der Waals surface area contributed by atoms with Crippen LogP contribution in [0.3, 0.4) is 0 Å². The first-order valence-electron chi connectivity index (χ1n) is 8.31. The highest BCUT2D eigenvalue weighted by Gasteiger charge is 2.25. The minimum atomic E-state index is -0.408. The van der Waals surface area contributed by atoms with Crippen molar-refractivity contribution in [3.63, 3.8) is 0 Å². The zero-order valence-corrected chi connectivity index (χ0v) is 14.3. The molecule has 0 saturated carbocycles. The van der Waals surface area contributed by atoms with E-state index in [0.717, 1.165) is 5.69 Å². The van der Waals surface area contributed by atoms with E-state index < -0.39 is 4.92 Å². The van der Waals surface area contributed by atoms with Crippen LogP contribution in [-0.2, 0) is 0 Å². The summed E-state index contributed by atoms with van der Waals surface area (Å²) >= 11 is 0. The summed E-state index contributed by atoms with van der Waals surface area (Å²) in [4.78, 5) is 26.9. The van der Waals surface area contributed by atoms with Crippen molar-refractivity contribution in [3.8, 4) is 0 Å². The van der Waals surface area contributed by atoms with Crippen molar-refractivity contribution in [3.05, 3.63) is 65.1 Å². The third kappa shape index (κ3) is 3.69. The predicted molar refractivity (Wildman–Crippen MR) is 98.6 cm³/mol. The number of benzene rings is 1. The van der Waals surface area contributed by atoms with Crippen LogP contribution in [0.25, 0.3) is 0 Å². The molecule has 1 aromatic carbocycles. The third-order valence-corrected chi connectivity index (χ3v) is 4.28. The first-order valence-corrected chi connectivity index (χ1v) is 8.31. The van der Waals surface area contributed by atoms with Crippen LogP contribution in [0.1, 0.15) is 10.6 Å². The fourth-order valence-corrected chi connectivity index (χ4v) is 2.93. The Morgan fingerprint density at radius 1 is 1.31 bits per heavy atom. The Balaban J connectivity index is 1.69. The molecule has 1 saturated heterocycles. The summed E-state index contributed by atoms with van der Waals surface area (Å²) < 4.78 is 5.16. The Bertz CT molecular complexity index is 796. The molecular weight excluding hydrogens is 336 g/mol. The minimum Gasteiger partial charge on any atom is -0.459 e. The molecule has 3 rings (SSSR count). The van der Waals surface area contributed by atoms with Gasteiger partial charge in [0.25, 0.3) is 11.6 Å². The molecule has 1 N–H and O–H groups in total. The molecule has 1 amide bonds. The minimum absolute atomic E-state index is 0.0298. The summed E-state index contributed by atoms with van der Waals surface area (Å²) in [5.74, 6) is 0.219. The monoisotopic (exact) mass is 356 g/mol. The van der Waals surface area contributed by atoms with Gasteiger partial charge in [-0.3, -0.25) is 14.9 Å². The highest BCUT2D eigenvalue weighted by Crippen LogP contribution is 2.30. The number of hydrogen-bond acceptors (Lipinski definition) is 6. The number of amides is 1. The van der Waals surface area contributed by atoms with Crippen LogP contribution < -0.4 is 10.2 Å². The van der Waals surface area contributed by atoms with Gasteiger partial charge in [-0.15, -0.1) is 6.58 Å². The van der Waals surface area contributed by atoms with Gasteiger partial charge in [-0.05, 0) is 24.3 Å². The normalized spacial score (nSPS) is 14.2. The van der Waals surface area contributed by atoms with E-state index in [1.54, 1.807) is 35.2 Å². The van der Waals surface area contributed by atoms with Crippen LogP contribution >= 0.6 is 0 Å². The Morgan fingerprint density at radius 3 is 2.69 bits per heavy atom. The molecule has 1 aliphatic rings. The number of furan rings is 1. The molecule has 1 fully saturated rings. The molecular formula is C18H20N4O4. The maximum Gasteiger partial charge on any atom is 0.292 e. The fraction of sp³-hybridized carbons (Fsp3) is 0.278. The third-order valence-electron chi connectivity index (χ3n) is 4.28. The van der Waals surface area contributed by atoms with Crippen molar-refractivity contribution < 1.29 is 14.1 Å². The number of nitro groups is 1. The van der Waals surface area contributed by atoms with Crippen molar-refractivity contribution in [2.45, 2.75) is 0 Å². The smallest absolute Gasteiger partial charge is 0.292 e. The second-order valence-electron chi connectivity index (χ2n) is 5.88. The van der Waals surface area contributed by atoms with E-state index >= 15 is 0 Å². The zero-order chi connectivity index (χ0) is 18.5. The summed E-state index contributed by atoms with van der Waals surface area (Å²) in [6.07, 6.45) is 3.13. The largest absolute Gasteiger partial charge is 0.459 e. The molecule has 2 aromatic rings. The second kappa shape index (κ2) is 7.73. The van der Waals surface area contributed by atoms with Crippen LogP contribution in [0.2, 0.25) is 0 Å². The quantitative estimate of drug-likeness (QED) is 0.486. The maximum atomic E-state index is 12.3. The average molecular weight is 356 g/mol. The van der Waals surface area contributed by atoms with Gasteiger partial charge >= 0.3 is 0 Å². The lowest BCUT2D eigenvalue weighted by molar-refractivity contribution is -0.383. The number of nitrogens with one attached hydrogen (secondary N) is 1. The number of piperazine rings is 1. The molecule has 0 unspecified atom stereocenters. The number of nitro benzene ring substituents is 1. The molecule has 136 valence electrons. The highest BCUT2D eigenvalue weighted by molar-refractivity contribution is 5.91. The predicted octanol–water partition coefficient (Wildman–Crippen LogP) is 2.75. The van der Waals surface area contributed by atoms with Crippen LogP contribution in [0, 0.1) is 10.1 Å². The number of hydrogen-bond donors (Lipinski definition) is 1. The van der Waals surface area contributed by atoms with Crippen molar-refractivity contribution >= 4 is 23.0 Å². The summed E-state index contributed by atoms with van der Waals surface area (Å²) in [6, 6.07) is 8.36. The number of carbonyl (C=O) groups excluding carboxylic acids is 1. The average Bonchev–Trinajstić information content (AvgIpc) is 3.20. The van der Waals surface area contributed by atoms with Gasteiger partial charge in [0.1, 0.15) is 5.69 Å². The van der Waals surface area contributed by atoms with Gasteiger partial charge in [0.15, 0.2) is 5.76 Å². The van der Waals surface area contributed by atoms with Gasteiger partial charge in [-0.25, -0.2) is 0 Å². The van der Waals surface area contributed by atoms with Crippen molar-refractivity contribution in [2.75, 3.05) is 42.9 Å². The summed E-state index contributed by atoms with van der Waals surface area (Å²) in [5, 5.41) is 14.2. The molecule has 1 aliphatic heterocycles. The van der Waals surface area contributed by atoms with Gasteiger partial charge in [0, 0.05) is 44.5 Å². The SMILES string of the molecule is C=CCNc1cc(N2CCN(C(=O)c3ccco3)CC2)ccc1[N+](=O)[O-]. The van der Waals surface area contributed by atoms with E-state index in [0.29, 0.717) is 44.2 Å². The van der Waals surface area contributed by atoms with Crippen molar-refractivity contribution in [1.29, 1.82) is 0 Å². The molecule has 8 heteroatoms. The lowest BCUT2D eigenvalue weighted by Crippen LogP contribution is -2.48. The standard InChI is InChI=1S/C18H20N4O4/c1-2-7-19-15-13-14(5-6-16(15)22(24)25)20-8-10-21(11-9-20)18(23)17-4-3-12-26-17/h2-6,12-13,19H,1,7-11H2. The van der Waals surface area contributed by atoms with Crippen molar-refractivity contribution in [2.24, 2.45) is 0 Å². The van der Waals surface area contributed by atoms with Crippen LogP contribution in [0.15, 0.2) is 53.7 Å². The molecule has 8 nitrogen and oxygen atoms in total. The lowest BCUT2D eigenvalue weighted by Gasteiger charge is -2.35. The van der Waals surface area contributed by atoms with E-state index in [1.807, 2.05) is 0 Å². The Labute approximate surface area is 150 Å².